The Balaban J connectivity index is 1.78. The van der Waals surface area contributed by atoms with E-state index in [1.807, 2.05) is 0 Å². The van der Waals surface area contributed by atoms with Gasteiger partial charge in [0.15, 0.2) is 0 Å². The fourth-order valence-corrected chi connectivity index (χ4v) is 3.48. The third-order valence-electron chi connectivity index (χ3n) is 4.58. The molecule has 2 fully saturated rings. The van der Waals surface area contributed by atoms with Gasteiger partial charge in [0.05, 0.1) is 6.61 Å². The first kappa shape index (κ1) is 16.2. The van der Waals surface area contributed by atoms with Crippen LogP contribution in [0.25, 0.3) is 0 Å². The average Bonchev–Trinajstić information content (AvgIpc) is 2.87. The first-order chi connectivity index (χ1) is 9.63. The summed E-state index contributed by atoms with van der Waals surface area (Å²) >= 11 is 0. The number of hydrogen-bond acceptors (Lipinski definition) is 4. The zero-order valence-corrected chi connectivity index (χ0v) is 13.7. The van der Waals surface area contributed by atoms with Crippen molar-refractivity contribution in [3.05, 3.63) is 0 Å². The lowest BCUT2D eigenvalue weighted by molar-refractivity contribution is 0.0677. The molecule has 1 N–H and O–H groups in total. The van der Waals surface area contributed by atoms with Gasteiger partial charge in [-0.15, -0.1) is 0 Å². The third-order valence-corrected chi connectivity index (χ3v) is 4.58. The molecule has 2 aliphatic heterocycles. The molecule has 0 aromatic heterocycles. The summed E-state index contributed by atoms with van der Waals surface area (Å²) in [6.45, 7) is 18.2. The molecule has 2 aliphatic rings. The molecule has 0 radical (unpaired) electrons. The molecule has 4 nitrogen and oxygen atoms in total. The van der Waals surface area contributed by atoms with Crippen LogP contribution in [-0.4, -0.2) is 75.4 Å². The average molecular weight is 283 g/mol. The van der Waals surface area contributed by atoms with Crippen LogP contribution < -0.4 is 5.32 Å². The number of rotatable bonds is 7. The van der Waals surface area contributed by atoms with E-state index in [4.69, 9.17) is 4.74 Å². The van der Waals surface area contributed by atoms with Crippen molar-refractivity contribution in [1.82, 2.24) is 15.1 Å². The van der Waals surface area contributed by atoms with Gasteiger partial charge in [0.25, 0.3) is 0 Å². The van der Waals surface area contributed by atoms with E-state index < -0.39 is 0 Å². The number of hydrogen-bond donors (Lipinski definition) is 1. The van der Waals surface area contributed by atoms with Crippen molar-refractivity contribution in [3.8, 4) is 0 Å². The summed E-state index contributed by atoms with van der Waals surface area (Å²) in [5, 5.41) is 3.54. The molecule has 2 heterocycles. The standard InChI is InChI=1S/C16H33N3O/c1-4-17-12-16(5-10-20-14-16)13-19-8-6-18(7-9-19)11-15(2)3/h15,17H,4-14H2,1-3H3. The lowest BCUT2D eigenvalue weighted by Crippen LogP contribution is -2.52. The predicted molar refractivity (Wildman–Crippen MR) is 84.1 cm³/mol. The molecule has 0 bridgehead atoms. The Labute approximate surface area is 124 Å². The van der Waals surface area contributed by atoms with E-state index >= 15 is 0 Å². The third kappa shape index (κ3) is 4.69. The highest BCUT2D eigenvalue weighted by atomic mass is 16.5. The van der Waals surface area contributed by atoms with E-state index in [1.54, 1.807) is 0 Å². The van der Waals surface area contributed by atoms with Crippen molar-refractivity contribution in [2.75, 3.05) is 65.6 Å². The summed E-state index contributed by atoms with van der Waals surface area (Å²) in [5.74, 6) is 0.782. The van der Waals surface area contributed by atoms with Crippen LogP contribution in [0, 0.1) is 11.3 Å². The Kier molecular flexibility index (Phi) is 6.27. The van der Waals surface area contributed by atoms with Crippen molar-refractivity contribution in [1.29, 1.82) is 0 Å². The largest absolute Gasteiger partial charge is 0.381 e. The lowest BCUT2D eigenvalue weighted by Gasteiger charge is -2.40. The normalized spacial score (nSPS) is 29.4. The summed E-state index contributed by atoms with van der Waals surface area (Å²) in [4.78, 5) is 5.27. The quantitative estimate of drug-likeness (QED) is 0.762. The van der Waals surface area contributed by atoms with Gasteiger partial charge in [0.2, 0.25) is 0 Å². The number of nitrogens with one attached hydrogen (secondary N) is 1. The summed E-state index contributed by atoms with van der Waals surface area (Å²) in [6, 6.07) is 0. The van der Waals surface area contributed by atoms with Gasteiger partial charge in [0, 0.05) is 57.8 Å². The van der Waals surface area contributed by atoms with Crippen molar-refractivity contribution in [2.24, 2.45) is 11.3 Å². The van der Waals surface area contributed by atoms with Crippen LogP contribution in [0.15, 0.2) is 0 Å². The first-order valence-electron chi connectivity index (χ1n) is 8.37. The summed E-state index contributed by atoms with van der Waals surface area (Å²) in [5.41, 5.74) is 0.357. The van der Waals surface area contributed by atoms with Crippen LogP contribution in [-0.2, 0) is 4.74 Å². The number of nitrogens with zero attached hydrogens (tertiary/aromatic N) is 2. The molecule has 4 heteroatoms. The smallest absolute Gasteiger partial charge is 0.0547 e. The van der Waals surface area contributed by atoms with Gasteiger partial charge < -0.3 is 19.9 Å². The molecule has 0 aliphatic carbocycles. The Morgan fingerprint density at radius 3 is 2.40 bits per heavy atom. The van der Waals surface area contributed by atoms with E-state index in [2.05, 4.69) is 35.9 Å². The fraction of sp³-hybridized carbons (Fsp3) is 1.00. The molecular weight excluding hydrogens is 250 g/mol. The second kappa shape index (κ2) is 7.74. The van der Waals surface area contributed by atoms with Crippen molar-refractivity contribution >= 4 is 0 Å². The molecule has 0 saturated carbocycles. The molecule has 20 heavy (non-hydrogen) atoms. The Morgan fingerprint density at radius 1 is 1.15 bits per heavy atom. The summed E-state index contributed by atoms with van der Waals surface area (Å²) < 4.78 is 5.70. The monoisotopic (exact) mass is 283 g/mol. The van der Waals surface area contributed by atoms with Crippen LogP contribution in [0.1, 0.15) is 27.2 Å². The first-order valence-corrected chi connectivity index (χ1v) is 8.37. The highest BCUT2D eigenvalue weighted by Gasteiger charge is 2.36. The molecule has 2 saturated heterocycles. The molecule has 2 rings (SSSR count). The SMILES string of the molecule is CCNCC1(CN2CCN(CC(C)C)CC2)CCOC1. The molecule has 0 aromatic carbocycles. The minimum Gasteiger partial charge on any atom is -0.381 e. The minimum absolute atomic E-state index is 0.357. The summed E-state index contributed by atoms with van der Waals surface area (Å²) in [7, 11) is 0. The molecule has 1 unspecified atom stereocenters. The van der Waals surface area contributed by atoms with E-state index in [1.165, 1.54) is 45.7 Å². The number of ether oxygens (including phenoxy) is 1. The maximum atomic E-state index is 5.70. The highest BCUT2D eigenvalue weighted by Crippen LogP contribution is 2.29. The van der Waals surface area contributed by atoms with Gasteiger partial charge in [-0.05, 0) is 18.9 Å². The second-order valence-corrected chi connectivity index (χ2v) is 7.05. The van der Waals surface area contributed by atoms with Crippen molar-refractivity contribution in [2.45, 2.75) is 27.2 Å². The van der Waals surface area contributed by atoms with Gasteiger partial charge in [-0.2, -0.15) is 0 Å². The van der Waals surface area contributed by atoms with Crippen LogP contribution >= 0.6 is 0 Å². The molecular formula is C16H33N3O. The van der Waals surface area contributed by atoms with Crippen molar-refractivity contribution in [3.63, 3.8) is 0 Å². The van der Waals surface area contributed by atoms with E-state index in [9.17, 15) is 0 Å². The van der Waals surface area contributed by atoms with Gasteiger partial charge in [-0.25, -0.2) is 0 Å². The molecule has 1 atom stereocenters. The Hall–Kier alpha value is -0.160. The van der Waals surface area contributed by atoms with Crippen molar-refractivity contribution < 1.29 is 4.74 Å². The summed E-state index contributed by atoms with van der Waals surface area (Å²) in [6.07, 6.45) is 1.21. The second-order valence-electron chi connectivity index (χ2n) is 7.05. The zero-order valence-electron chi connectivity index (χ0n) is 13.7. The lowest BCUT2D eigenvalue weighted by atomic mass is 9.86. The predicted octanol–water partition coefficient (Wildman–Crippen LogP) is 1.28. The Bertz CT molecular complexity index is 269. The molecule has 0 amide bonds. The molecule has 0 aromatic rings. The topological polar surface area (TPSA) is 27.7 Å². The highest BCUT2D eigenvalue weighted by molar-refractivity contribution is 4.89. The van der Waals surface area contributed by atoms with Gasteiger partial charge in [0.1, 0.15) is 0 Å². The van der Waals surface area contributed by atoms with Crippen LogP contribution in [0.5, 0.6) is 0 Å². The van der Waals surface area contributed by atoms with Gasteiger partial charge in [-0.1, -0.05) is 20.8 Å². The van der Waals surface area contributed by atoms with Crippen LogP contribution in [0.2, 0.25) is 0 Å². The van der Waals surface area contributed by atoms with E-state index in [0.29, 0.717) is 5.41 Å². The zero-order chi connectivity index (χ0) is 14.4. The maximum absolute atomic E-state index is 5.70. The van der Waals surface area contributed by atoms with E-state index in [-0.39, 0.29) is 0 Å². The molecule has 0 spiro atoms. The maximum Gasteiger partial charge on any atom is 0.0547 e. The van der Waals surface area contributed by atoms with Crippen LogP contribution in [0.3, 0.4) is 0 Å². The Morgan fingerprint density at radius 2 is 1.85 bits per heavy atom. The van der Waals surface area contributed by atoms with Gasteiger partial charge >= 0.3 is 0 Å². The fourth-order valence-electron chi connectivity index (χ4n) is 3.48. The van der Waals surface area contributed by atoms with E-state index in [0.717, 1.165) is 32.2 Å². The van der Waals surface area contributed by atoms with Crippen LogP contribution in [0.4, 0.5) is 0 Å². The molecule has 118 valence electrons. The minimum atomic E-state index is 0.357. The number of piperazine rings is 1. The van der Waals surface area contributed by atoms with Gasteiger partial charge in [-0.3, -0.25) is 0 Å².